The average Bonchev–Trinajstić information content (AvgIpc) is 3.17. The Morgan fingerprint density at radius 3 is 2.91 bits per heavy atom. The van der Waals surface area contributed by atoms with E-state index in [2.05, 4.69) is 15.8 Å². The van der Waals surface area contributed by atoms with Gasteiger partial charge in [0, 0.05) is 31.3 Å². The molecule has 118 valence electrons. The first-order chi connectivity index (χ1) is 10.7. The van der Waals surface area contributed by atoms with Gasteiger partial charge in [-0.3, -0.25) is 0 Å². The number of aliphatic hydroxyl groups is 1. The van der Waals surface area contributed by atoms with Crippen LogP contribution in [0.3, 0.4) is 0 Å². The van der Waals surface area contributed by atoms with Crippen molar-refractivity contribution in [3.63, 3.8) is 0 Å². The number of hydrogen-bond donors (Lipinski definition) is 3. The van der Waals surface area contributed by atoms with E-state index < -0.39 is 5.60 Å². The van der Waals surface area contributed by atoms with Gasteiger partial charge in [-0.1, -0.05) is 5.16 Å². The maximum Gasteiger partial charge on any atom is 0.167 e. The number of nitrogens with zero attached hydrogens (tertiary/aromatic N) is 1. The molecule has 0 spiro atoms. The van der Waals surface area contributed by atoms with Crippen molar-refractivity contribution in [2.24, 2.45) is 0 Å². The van der Waals surface area contributed by atoms with Gasteiger partial charge in [0.25, 0.3) is 0 Å². The summed E-state index contributed by atoms with van der Waals surface area (Å²) >= 11 is 0. The zero-order valence-electron chi connectivity index (χ0n) is 12.6. The molecule has 1 aromatic heterocycles. The highest BCUT2D eigenvalue weighted by Crippen LogP contribution is 2.23. The molecule has 1 aromatic carbocycles. The quantitative estimate of drug-likeness (QED) is 0.743. The van der Waals surface area contributed by atoms with Crippen LogP contribution in [0.5, 0.6) is 5.75 Å². The molecule has 1 aliphatic rings. The third-order valence-electron chi connectivity index (χ3n) is 3.91. The summed E-state index contributed by atoms with van der Waals surface area (Å²) in [5, 5.41) is 20.7. The molecular weight excluding hydrogens is 282 g/mol. The minimum atomic E-state index is -0.650. The van der Waals surface area contributed by atoms with Gasteiger partial charge < -0.3 is 25.0 Å². The van der Waals surface area contributed by atoms with E-state index >= 15 is 0 Å². The third-order valence-corrected chi connectivity index (χ3v) is 3.91. The van der Waals surface area contributed by atoms with Crippen molar-refractivity contribution < 1.29 is 14.4 Å². The molecule has 1 atom stereocenters. The Morgan fingerprint density at radius 1 is 1.41 bits per heavy atom. The number of benzene rings is 1. The van der Waals surface area contributed by atoms with Crippen LogP contribution in [0.25, 0.3) is 11.3 Å². The minimum Gasteiger partial charge on any atom is -0.497 e. The summed E-state index contributed by atoms with van der Waals surface area (Å²) in [7, 11) is 1.64. The van der Waals surface area contributed by atoms with E-state index in [4.69, 9.17) is 9.26 Å². The number of methoxy groups -OCH3 is 1. The minimum absolute atomic E-state index is 0.546. The summed E-state index contributed by atoms with van der Waals surface area (Å²) in [5.41, 5.74) is 1.13. The molecule has 2 heterocycles. The van der Waals surface area contributed by atoms with Gasteiger partial charge in [-0.2, -0.15) is 0 Å². The zero-order valence-corrected chi connectivity index (χ0v) is 12.6. The smallest absolute Gasteiger partial charge is 0.167 e. The SMILES string of the molecule is COc1ccc(-c2cc(CNC[C@@]3(O)CCNC3)no2)cc1. The predicted octanol–water partition coefficient (Wildman–Crippen LogP) is 1.16. The van der Waals surface area contributed by atoms with Gasteiger partial charge in [0.05, 0.1) is 18.4 Å². The number of β-amino-alcohol motifs (C(OH)–C–C–N with tert-alkyl or cyclic N) is 1. The molecular formula is C16H21N3O3. The van der Waals surface area contributed by atoms with E-state index in [-0.39, 0.29) is 0 Å². The molecule has 3 rings (SSSR count). The van der Waals surface area contributed by atoms with Crippen molar-refractivity contribution in [3.8, 4) is 17.1 Å². The molecule has 22 heavy (non-hydrogen) atoms. The Morgan fingerprint density at radius 2 is 2.23 bits per heavy atom. The van der Waals surface area contributed by atoms with E-state index in [0.29, 0.717) is 19.6 Å². The number of aromatic nitrogens is 1. The Bertz CT molecular complexity index is 603. The largest absolute Gasteiger partial charge is 0.497 e. The normalized spacial score (nSPS) is 21.2. The van der Waals surface area contributed by atoms with Crippen LogP contribution in [0.4, 0.5) is 0 Å². The summed E-state index contributed by atoms with van der Waals surface area (Å²) in [4.78, 5) is 0. The molecule has 2 aromatic rings. The maximum atomic E-state index is 10.2. The summed E-state index contributed by atoms with van der Waals surface area (Å²) in [6, 6.07) is 9.55. The van der Waals surface area contributed by atoms with Crippen molar-refractivity contribution >= 4 is 0 Å². The number of hydrogen-bond acceptors (Lipinski definition) is 6. The molecule has 1 aliphatic heterocycles. The highest BCUT2D eigenvalue weighted by Gasteiger charge is 2.30. The molecule has 0 aliphatic carbocycles. The fraction of sp³-hybridized carbons (Fsp3) is 0.438. The van der Waals surface area contributed by atoms with Gasteiger partial charge >= 0.3 is 0 Å². The molecule has 0 saturated carbocycles. The van der Waals surface area contributed by atoms with Crippen LogP contribution < -0.4 is 15.4 Å². The lowest BCUT2D eigenvalue weighted by Crippen LogP contribution is -2.42. The lowest BCUT2D eigenvalue weighted by Gasteiger charge is -2.21. The highest BCUT2D eigenvalue weighted by atomic mass is 16.5. The average molecular weight is 303 g/mol. The molecule has 1 saturated heterocycles. The summed E-state index contributed by atoms with van der Waals surface area (Å²) in [6.07, 6.45) is 0.774. The molecule has 6 heteroatoms. The van der Waals surface area contributed by atoms with E-state index in [1.54, 1.807) is 7.11 Å². The summed E-state index contributed by atoms with van der Waals surface area (Å²) < 4.78 is 10.5. The van der Waals surface area contributed by atoms with Crippen LogP contribution in [0.15, 0.2) is 34.9 Å². The topological polar surface area (TPSA) is 79.5 Å². The van der Waals surface area contributed by atoms with Crippen LogP contribution in [0, 0.1) is 0 Å². The van der Waals surface area contributed by atoms with E-state index in [9.17, 15) is 5.11 Å². The first-order valence-corrected chi connectivity index (χ1v) is 7.42. The lowest BCUT2D eigenvalue weighted by atomic mass is 10.0. The second kappa shape index (κ2) is 6.48. The highest BCUT2D eigenvalue weighted by molar-refractivity contribution is 5.58. The Balaban J connectivity index is 1.56. The summed E-state index contributed by atoms with van der Waals surface area (Å²) in [5.74, 6) is 1.53. The van der Waals surface area contributed by atoms with Gasteiger partial charge in [-0.05, 0) is 37.2 Å². The molecule has 0 unspecified atom stereocenters. The van der Waals surface area contributed by atoms with Gasteiger partial charge in [0.1, 0.15) is 5.75 Å². The second-order valence-electron chi connectivity index (χ2n) is 5.67. The number of ether oxygens (including phenoxy) is 1. The molecule has 6 nitrogen and oxygen atoms in total. The van der Waals surface area contributed by atoms with Crippen molar-refractivity contribution in [3.05, 3.63) is 36.0 Å². The van der Waals surface area contributed by atoms with Crippen LogP contribution in [-0.2, 0) is 6.54 Å². The maximum absolute atomic E-state index is 10.2. The van der Waals surface area contributed by atoms with Gasteiger partial charge in [0.15, 0.2) is 5.76 Å². The Hall–Kier alpha value is -1.89. The molecule has 1 fully saturated rings. The van der Waals surface area contributed by atoms with Crippen molar-refractivity contribution in [1.29, 1.82) is 0 Å². The second-order valence-corrected chi connectivity index (χ2v) is 5.67. The van der Waals surface area contributed by atoms with E-state index in [1.807, 2.05) is 30.3 Å². The van der Waals surface area contributed by atoms with Gasteiger partial charge in [-0.15, -0.1) is 0 Å². The molecule has 0 radical (unpaired) electrons. The fourth-order valence-electron chi connectivity index (χ4n) is 2.59. The van der Waals surface area contributed by atoms with Gasteiger partial charge in [-0.25, -0.2) is 0 Å². The fourth-order valence-corrected chi connectivity index (χ4v) is 2.59. The monoisotopic (exact) mass is 303 g/mol. The van der Waals surface area contributed by atoms with Crippen LogP contribution >= 0.6 is 0 Å². The van der Waals surface area contributed by atoms with Crippen LogP contribution in [-0.4, -0.2) is 42.6 Å². The van der Waals surface area contributed by atoms with E-state index in [1.165, 1.54) is 0 Å². The number of nitrogens with one attached hydrogen (secondary N) is 2. The van der Waals surface area contributed by atoms with Crippen molar-refractivity contribution in [2.75, 3.05) is 26.7 Å². The van der Waals surface area contributed by atoms with Crippen molar-refractivity contribution in [1.82, 2.24) is 15.8 Å². The van der Waals surface area contributed by atoms with Crippen LogP contribution in [0.1, 0.15) is 12.1 Å². The Labute approximate surface area is 129 Å². The number of rotatable bonds is 6. The van der Waals surface area contributed by atoms with Gasteiger partial charge in [0.2, 0.25) is 0 Å². The molecule has 3 N–H and O–H groups in total. The van der Waals surface area contributed by atoms with Crippen molar-refractivity contribution in [2.45, 2.75) is 18.6 Å². The predicted molar refractivity (Wildman–Crippen MR) is 82.6 cm³/mol. The zero-order chi connectivity index (χ0) is 15.4. The first kappa shape index (κ1) is 15.0. The first-order valence-electron chi connectivity index (χ1n) is 7.42. The lowest BCUT2D eigenvalue weighted by molar-refractivity contribution is 0.0607. The molecule has 0 bridgehead atoms. The van der Waals surface area contributed by atoms with Crippen LogP contribution in [0.2, 0.25) is 0 Å². The van der Waals surface area contributed by atoms with E-state index in [0.717, 1.165) is 35.7 Å². The Kier molecular flexibility index (Phi) is 4.42. The molecule has 0 amide bonds. The third kappa shape index (κ3) is 3.47. The standard InChI is InChI=1S/C16H21N3O3/c1-21-14-4-2-12(3-5-14)15-8-13(19-22-15)9-18-11-16(20)6-7-17-10-16/h2-5,8,17-18,20H,6-7,9-11H2,1H3/t16-/m1/s1. The summed E-state index contributed by atoms with van der Waals surface area (Å²) in [6.45, 7) is 2.62.